The summed E-state index contributed by atoms with van der Waals surface area (Å²) >= 11 is 1.04. The van der Waals surface area contributed by atoms with Gasteiger partial charge in [-0.15, -0.1) is 5.10 Å². The van der Waals surface area contributed by atoms with Crippen LogP contribution >= 0.6 is 11.8 Å². The van der Waals surface area contributed by atoms with E-state index in [4.69, 9.17) is 14.6 Å². The van der Waals surface area contributed by atoms with Crippen LogP contribution < -0.4 is 14.8 Å². The molecule has 0 radical (unpaired) electrons. The van der Waals surface area contributed by atoms with E-state index >= 15 is 0 Å². The maximum atomic E-state index is 11.6. The van der Waals surface area contributed by atoms with Gasteiger partial charge < -0.3 is 19.9 Å². The molecule has 132 valence electrons. The maximum Gasteiger partial charge on any atom is 0.305 e. The topological polar surface area (TPSA) is 110 Å². The molecule has 1 amide bonds. The number of rotatable bonds is 8. The van der Waals surface area contributed by atoms with Crippen LogP contribution in [-0.4, -0.2) is 47.3 Å². The van der Waals surface area contributed by atoms with Gasteiger partial charge in [-0.05, 0) is 23.8 Å². The fourth-order valence-electron chi connectivity index (χ4n) is 1.93. The number of amidine groups is 1. The first-order valence-electron chi connectivity index (χ1n) is 7.25. The molecule has 25 heavy (non-hydrogen) atoms. The summed E-state index contributed by atoms with van der Waals surface area (Å²) in [6, 6.07) is 5.25. The number of amides is 1. The number of carboxylic acid groups (broad SMARTS) is 1. The van der Waals surface area contributed by atoms with Crippen molar-refractivity contribution in [3.8, 4) is 11.5 Å². The third-order valence-electron chi connectivity index (χ3n) is 3.04. The van der Waals surface area contributed by atoms with Crippen molar-refractivity contribution in [2.75, 3.05) is 13.7 Å². The molecule has 9 heteroatoms. The molecule has 1 fully saturated rings. The van der Waals surface area contributed by atoms with E-state index < -0.39 is 11.2 Å². The third kappa shape index (κ3) is 5.35. The van der Waals surface area contributed by atoms with Crippen LogP contribution in [0.2, 0.25) is 0 Å². The fraction of sp³-hybridized carbons (Fsp3) is 0.250. The lowest BCUT2D eigenvalue weighted by atomic mass is 10.2. The molecule has 1 aliphatic heterocycles. The lowest BCUT2D eigenvalue weighted by Crippen LogP contribution is -2.26. The van der Waals surface area contributed by atoms with E-state index in [9.17, 15) is 9.59 Å². The maximum absolute atomic E-state index is 11.6. The third-order valence-corrected chi connectivity index (χ3v) is 4.11. The molecule has 0 spiro atoms. The van der Waals surface area contributed by atoms with Crippen molar-refractivity contribution in [1.29, 1.82) is 0 Å². The number of thioether (sulfide) groups is 1. The van der Waals surface area contributed by atoms with Crippen molar-refractivity contribution >= 4 is 35.0 Å². The Bertz CT molecular complexity index is 732. The molecule has 1 heterocycles. The van der Waals surface area contributed by atoms with Crippen LogP contribution in [0.25, 0.3) is 0 Å². The Labute approximate surface area is 148 Å². The highest BCUT2D eigenvalue weighted by Gasteiger charge is 2.32. The number of carboxylic acids is 1. The van der Waals surface area contributed by atoms with Crippen LogP contribution in [0, 0.1) is 0 Å². The average molecular weight is 363 g/mol. The van der Waals surface area contributed by atoms with E-state index in [2.05, 4.69) is 22.1 Å². The summed E-state index contributed by atoms with van der Waals surface area (Å²) in [7, 11) is 1.55. The smallest absolute Gasteiger partial charge is 0.305 e. The summed E-state index contributed by atoms with van der Waals surface area (Å²) in [4.78, 5) is 22.3. The minimum Gasteiger partial charge on any atom is -0.493 e. The van der Waals surface area contributed by atoms with Crippen LogP contribution in [-0.2, 0) is 9.59 Å². The SMILES string of the molecule is C=CCOc1cc(C=NN=C2NC(=O)C(CC(=O)O)S2)ccc1OC. The molecule has 1 aromatic carbocycles. The lowest BCUT2D eigenvalue weighted by molar-refractivity contribution is -0.138. The number of carbonyl (C=O) groups excluding carboxylic acids is 1. The standard InChI is InChI=1S/C16H17N3O5S/c1-3-6-24-12-7-10(4-5-11(12)23-2)9-17-19-16-18-15(22)13(25-16)8-14(20)21/h3-5,7,9,13H,1,6,8H2,2H3,(H,20,21)(H,18,19,22). The van der Waals surface area contributed by atoms with Gasteiger partial charge in [0.25, 0.3) is 0 Å². The molecule has 1 aromatic rings. The van der Waals surface area contributed by atoms with Gasteiger partial charge in [0, 0.05) is 0 Å². The predicted octanol–water partition coefficient (Wildman–Crippen LogP) is 1.66. The largest absolute Gasteiger partial charge is 0.493 e. The molecule has 0 bridgehead atoms. The molecular weight excluding hydrogens is 346 g/mol. The zero-order valence-corrected chi connectivity index (χ0v) is 14.3. The van der Waals surface area contributed by atoms with Gasteiger partial charge in [-0.3, -0.25) is 9.59 Å². The molecule has 8 nitrogen and oxygen atoms in total. The highest BCUT2D eigenvalue weighted by Crippen LogP contribution is 2.27. The number of nitrogens with one attached hydrogen (secondary N) is 1. The Morgan fingerprint density at radius 3 is 2.96 bits per heavy atom. The normalized spacial score (nSPS) is 18.4. The van der Waals surface area contributed by atoms with Crippen molar-refractivity contribution in [2.24, 2.45) is 10.2 Å². The Kier molecular flexibility index (Phi) is 6.58. The molecule has 1 saturated heterocycles. The Hall–Kier alpha value is -2.81. The molecule has 1 aliphatic rings. The monoisotopic (exact) mass is 363 g/mol. The number of aliphatic carboxylic acids is 1. The summed E-state index contributed by atoms with van der Waals surface area (Å²) in [5.41, 5.74) is 0.723. The second kappa shape index (κ2) is 8.88. The molecule has 1 atom stereocenters. The number of methoxy groups -OCH3 is 1. The van der Waals surface area contributed by atoms with Gasteiger partial charge in [0.05, 0.1) is 19.7 Å². The van der Waals surface area contributed by atoms with Crippen molar-refractivity contribution in [1.82, 2.24) is 5.32 Å². The number of carbonyl (C=O) groups is 2. The van der Waals surface area contributed by atoms with Crippen LogP contribution in [0.1, 0.15) is 12.0 Å². The van der Waals surface area contributed by atoms with Gasteiger partial charge in [0.15, 0.2) is 16.7 Å². The number of nitrogens with zero attached hydrogens (tertiary/aromatic N) is 2. The summed E-state index contributed by atoms with van der Waals surface area (Å²) in [6.45, 7) is 3.93. The Balaban J connectivity index is 2.05. The van der Waals surface area contributed by atoms with Crippen LogP contribution in [0.3, 0.4) is 0 Å². The van der Waals surface area contributed by atoms with E-state index in [1.807, 2.05) is 0 Å². The number of hydrogen-bond donors (Lipinski definition) is 2. The van der Waals surface area contributed by atoms with Crippen molar-refractivity contribution < 1.29 is 24.2 Å². The number of hydrogen-bond acceptors (Lipinski definition) is 7. The minimum atomic E-state index is -1.04. The van der Waals surface area contributed by atoms with Crippen molar-refractivity contribution in [2.45, 2.75) is 11.7 Å². The Morgan fingerprint density at radius 2 is 2.28 bits per heavy atom. The van der Waals surface area contributed by atoms with Crippen LogP contribution in [0.15, 0.2) is 41.1 Å². The van der Waals surface area contributed by atoms with Gasteiger partial charge in [0.2, 0.25) is 5.91 Å². The highest BCUT2D eigenvalue weighted by molar-refractivity contribution is 8.15. The first kappa shape index (κ1) is 18.5. The average Bonchev–Trinajstić information content (AvgIpc) is 2.92. The zero-order chi connectivity index (χ0) is 18.2. The zero-order valence-electron chi connectivity index (χ0n) is 13.5. The molecule has 1 unspecified atom stereocenters. The Morgan fingerprint density at radius 1 is 1.48 bits per heavy atom. The van der Waals surface area contributed by atoms with Gasteiger partial charge in [0.1, 0.15) is 11.9 Å². The predicted molar refractivity (Wildman–Crippen MR) is 95.5 cm³/mol. The van der Waals surface area contributed by atoms with Crippen molar-refractivity contribution in [3.05, 3.63) is 36.4 Å². The summed E-state index contributed by atoms with van der Waals surface area (Å²) in [5, 5.41) is 18.6. The second-order valence-electron chi connectivity index (χ2n) is 4.85. The van der Waals surface area contributed by atoms with Gasteiger partial charge in [-0.1, -0.05) is 24.4 Å². The quantitative estimate of drug-likeness (QED) is 0.413. The molecule has 2 N–H and O–H groups in total. The summed E-state index contributed by atoms with van der Waals surface area (Å²) in [6.07, 6.45) is 2.85. The molecule has 0 aromatic heterocycles. The van der Waals surface area contributed by atoms with Crippen LogP contribution in [0.5, 0.6) is 11.5 Å². The van der Waals surface area contributed by atoms with Gasteiger partial charge >= 0.3 is 5.97 Å². The summed E-state index contributed by atoms with van der Waals surface area (Å²) in [5.74, 6) is -0.293. The van der Waals surface area contributed by atoms with E-state index in [0.717, 1.165) is 17.3 Å². The first-order chi connectivity index (χ1) is 12.0. The highest BCUT2D eigenvalue weighted by atomic mass is 32.2. The van der Waals surface area contributed by atoms with E-state index in [0.29, 0.717) is 18.1 Å². The van der Waals surface area contributed by atoms with E-state index in [-0.39, 0.29) is 17.5 Å². The number of ether oxygens (including phenoxy) is 2. The van der Waals surface area contributed by atoms with Gasteiger partial charge in [-0.2, -0.15) is 5.10 Å². The number of benzene rings is 1. The molecule has 2 rings (SSSR count). The van der Waals surface area contributed by atoms with Gasteiger partial charge in [-0.25, -0.2) is 0 Å². The molecule has 0 saturated carbocycles. The molecule has 0 aliphatic carbocycles. The second-order valence-corrected chi connectivity index (χ2v) is 6.04. The summed E-state index contributed by atoms with van der Waals surface area (Å²) < 4.78 is 10.7. The lowest BCUT2D eigenvalue weighted by Gasteiger charge is -2.09. The molecular formula is C16H17N3O5S. The van der Waals surface area contributed by atoms with Crippen LogP contribution in [0.4, 0.5) is 0 Å². The fourth-order valence-corrected chi connectivity index (χ4v) is 2.84. The van der Waals surface area contributed by atoms with E-state index in [1.54, 1.807) is 31.4 Å². The van der Waals surface area contributed by atoms with E-state index in [1.165, 1.54) is 6.21 Å². The van der Waals surface area contributed by atoms with Crippen molar-refractivity contribution in [3.63, 3.8) is 0 Å². The minimum absolute atomic E-state index is 0.262. The first-order valence-corrected chi connectivity index (χ1v) is 8.13.